The SMILES string of the molecule is CC(F)(F)CC[C@@H](C=O)NC(=O)O. The number of carbonyl (C=O) groups excluding carboxylic acids is 1. The van der Waals surface area contributed by atoms with Crippen molar-refractivity contribution >= 4 is 12.4 Å². The predicted molar refractivity (Wildman–Crippen MR) is 40.9 cm³/mol. The van der Waals surface area contributed by atoms with Gasteiger partial charge in [0.25, 0.3) is 0 Å². The van der Waals surface area contributed by atoms with Crippen molar-refractivity contribution in [2.45, 2.75) is 31.7 Å². The van der Waals surface area contributed by atoms with E-state index in [4.69, 9.17) is 5.11 Å². The summed E-state index contributed by atoms with van der Waals surface area (Å²) < 4.78 is 24.5. The van der Waals surface area contributed by atoms with Crippen molar-refractivity contribution in [3.63, 3.8) is 0 Å². The molecular weight excluding hydrogens is 184 g/mol. The number of hydrogen-bond donors (Lipinski definition) is 2. The molecule has 0 radical (unpaired) electrons. The van der Waals surface area contributed by atoms with Crippen molar-refractivity contribution in [3.05, 3.63) is 0 Å². The highest BCUT2D eigenvalue weighted by Gasteiger charge is 2.23. The fraction of sp³-hybridized carbons (Fsp3) is 0.714. The first-order valence-corrected chi connectivity index (χ1v) is 3.68. The van der Waals surface area contributed by atoms with Crippen molar-refractivity contribution in [3.8, 4) is 0 Å². The van der Waals surface area contributed by atoms with Gasteiger partial charge < -0.3 is 15.2 Å². The normalized spacial score (nSPS) is 13.5. The molecule has 0 saturated carbocycles. The Morgan fingerprint density at radius 3 is 2.54 bits per heavy atom. The van der Waals surface area contributed by atoms with Crippen LogP contribution in [0.1, 0.15) is 19.8 Å². The quantitative estimate of drug-likeness (QED) is 0.649. The van der Waals surface area contributed by atoms with E-state index in [1.54, 1.807) is 0 Å². The van der Waals surface area contributed by atoms with Gasteiger partial charge in [-0.1, -0.05) is 0 Å². The molecule has 13 heavy (non-hydrogen) atoms. The summed E-state index contributed by atoms with van der Waals surface area (Å²) in [6.07, 6.45) is -1.80. The van der Waals surface area contributed by atoms with Gasteiger partial charge in [0.2, 0.25) is 5.92 Å². The van der Waals surface area contributed by atoms with Gasteiger partial charge in [0.05, 0.1) is 6.04 Å². The van der Waals surface area contributed by atoms with Crippen LogP contribution < -0.4 is 5.32 Å². The highest BCUT2D eigenvalue weighted by molar-refractivity contribution is 5.71. The average Bonchev–Trinajstić information content (AvgIpc) is 1.95. The van der Waals surface area contributed by atoms with Crippen molar-refractivity contribution in [2.24, 2.45) is 0 Å². The summed E-state index contributed by atoms with van der Waals surface area (Å²) in [6, 6.07) is -1.05. The second-order valence-electron chi connectivity index (χ2n) is 2.80. The fourth-order valence-corrected chi connectivity index (χ4v) is 0.742. The number of nitrogens with one attached hydrogen (secondary N) is 1. The monoisotopic (exact) mass is 195 g/mol. The summed E-state index contributed by atoms with van der Waals surface area (Å²) in [6.45, 7) is 0.718. The van der Waals surface area contributed by atoms with Gasteiger partial charge in [0, 0.05) is 6.42 Å². The number of aldehydes is 1. The van der Waals surface area contributed by atoms with Crippen molar-refractivity contribution in [2.75, 3.05) is 0 Å². The molecule has 0 aliphatic carbocycles. The molecule has 0 aromatic heterocycles. The Balaban J connectivity index is 3.86. The van der Waals surface area contributed by atoms with Crippen LogP contribution in [0.3, 0.4) is 0 Å². The van der Waals surface area contributed by atoms with Crippen LogP contribution >= 0.6 is 0 Å². The summed E-state index contributed by atoms with van der Waals surface area (Å²) >= 11 is 0. The second-order valence-corrected chi connectivity index (χ2v) is 2.80. The third kappa shape index (κ3) is 7.17. The standard InChI is InChI=1S/C7H11F2NO3/c1-7(8,9)3-2-5(4-11)10-6(12)13/h4-5,10H,2-3H2,1H3,(H,12,13)/t5-/m0/s1. The number of halogens is 2. The summed E-state index contributed by atoms with van der Waals surface area (Å²) in [5.41, 5.74) is 0. The van der Waals surface area contributed by atoms with Crippen LogP contribution in [0.25, 0.3) is 0 Å². The minimum atomic E-state index is -2.87. The van der Waals surface area contributed by atoms with Gasteiger partial charge in [-0.3, -0.25) is 0 Å². The molecule has 1 amide bonds. The molecule has 0 aliphatic heterocycles. The zero-order valence-corrected chi connectivity index (χ0v) is 7.09. The minimum absolute atomic E-state index is 0.195. The van der Waals surface area contributed by atoms with Crippen LogP contribution in [-0.2, 0) is 4.79 Å². The molecule has 0 rings (SSSR count). The van der Waals surface area contributed by atoms with E-state index in [0.717, 1.165) is 6.92 Å². The van der Waals surface area contributed by atoms with Gasteiger partial charge in [-0.15, -0.1) is 0 Å². The smallest absolute Gasteiger partial charge is 0.405 e. The van der Waals surface area contributed by atoms with Gasteiger partial charge in [0.15, 0.2) is 0 Å². The summed E-state index contributed by atoms with van der Waals surface area (Å²) in [5, 5.41) is 10.0. The lowest BCUT2D eigenvalue weighted by Gasteiger charge is -2.13. The number of hydrogen-bond acceptors (Lipinski definition) is 2. The molecule has 0 fully saturated rings. The van der Waals surface area contributed by atoms with Crippen molar-refractivity contribution < 1.29 is 23.5 Å². The fourth-order valence-electron chi connectivity index (χ4n) is 0.742. The van der Waals surface area contributed by atoms with E-state index >= 15 is 0 Å². The largest absolute Gasteiger partial charge is 0.465 e. The van der Waals surface area contributed by atoms with Crippen LogP contribution in [-0.4, -0.2) is 29.5 Å². The Kier molecular flexibility index (Phi) is 4.30. The second kappa shape index (κ2) is 4.74. The zero-order chi connectivity index (χ0) is 10.5. The molecule has 2 N–H and O–H groups in total. The van der Waals surface area contributed by atoms with Gasteiger partial charge in [-0.25, -0.2) is 13.6 Å². The van der Waals surface area contributed by atoms with E-state index in [1.165, 1.54) is 0 Å². The molecule has 0 saturated heterocycles. The molecule has 4 nitrogen and oxygen atoms in total. The summed E-state index contributed by atoms with van der Waals surface area (Å²) in [4.78, 5) is 20.2. The maximum absolute atomic E-state index is 12.3. The first kappa shape index (κ1) is 11.8. The predicted octanol–water partition coefficient (Wildman–Crippen LogP) is 1.26. The number of amides is 1. The van der Waals surface area contributed by atoms with E-state index in [2.05, 4.69) is 0 Å². The summed E-state index contributed by atoms with van der Waals surface area (Å²) in [7, 11) is 0. The highest BCUT2D eigenvalue weighted by atomic mass is 19.3. The van der Waals surface area contributed by atoms with Crippen LogP contribution in [0.5, 0.6) is 0 Å². The first-order chi connectivity index (χ1) is 5.85. The number of carbonyl (C=O) groups is 2. The average molecular weight is 195 g/mol. The Morgan fingerprint density at radius 2 is 2.23 bits per heavy atom. The van der Waals surface area contributed by atoms with Crippen molar-refractivity contribution in [1.82, 2.24) is 5.32 Å². The van der Waals surface area contributed by atoms with Crippen LogP contribution in [0, 0.1) is 0 Å². The van der Waals surface area contributed by atoms with Gasteiger partial charge in [-0.05, 0) is 13.3 Å². The van der Waals surface area contributed by atoms with E-state index in [0.29, 0.717) is 6.29 Å². The molecule has 0 heterocycles. The number of alkyl halides is 2. The maximum atomic E-state index is 12.3. The van der Waals surface area contributed by atoms with Crippen molar-refractivity contribution in [1.29, 1.82) is 0 Å². The van der Waals surface area contributed by atoms with Crippen LogP contribution in [0.2, 0.25) is 0 Å². The third-order valence-electron chi connectivity index (χ3n) is 1.37. The minimum Gasteiger partial charge on any atom is -0.465 e. The van der Waals surface area contributed by atoms with Gasteiger partial charge in [-0.2, -0.15) is 0 Å². The molecule has 0 aromatic carbocycles. The van der Waals surface area contributed by atoms with Crippen LogP contribution in [0.4, 0.5) is 13.6 Å². The Labute approximate surface area is 73.9 Å². The lowest BCUT2D eigenvalue weighted by atomic mass is 10.1. The molecule has 0 bridgehead atoms. The number of rotatable bonds is 5. The molecule has 0 spiro atoms. The number of carboxylic acid groups (broad SMARTS) is 1. The maximum Gasteiger partial charge on any atom is 0.405 e. The van der Waals surface area contributed by atoms with E-state index in [-0.39, 0.29) is 6.42 Å². The Morgan fingerprint density at radius 1 is 1.69 bits per heavy atom. The van der Waals surface area contributed by atoms with Crippen LogP contribution in [0.15, 0.2) is 0 Å². The lowest BCUT2D eigenvalue weighted by molar-refractivity contribution is -0.110. The topological polar surface area (TPSA) is 66.4 Å². The van der Waals surface area contributed by atoms with E-state index in [1.807, 2.05) is 5.32 Å². The molecule has 76 valence electrons. The third-order valence-corrected chi connectivity index (χ3v) is 1.37. The molecule has 0 aromatic rings. The van der Waals surface area contributed by atoms with Gasteiger partial charge in [0.1, 0.15) is 6.29 Å². The van der Waals surface area contributed by atoms with E-state index in [9.17, 15) is 18.4 Å². The molecule has 0 aliphatic rings. The highest BCUT2D eigenvalue weighted by Crippen LogP contribution is 2.19. The molecule has 0 unspecified atom stereocenters. The lowest BCUT2D eigenvalue weighted by Crippen LogP contribution is -2.35. The first-order valence-electron chi connectivity index (χ1n) is 3.68. The zero-order valence-electron chi connectivity index (χ0n) is 7.09. The van der Waals surface area contributed by atoms with Gasteiger partial charge >= 0.3 is 6.09 Å². The Hall–Kier alpha value is -1.20. The summed E-state index contributed by atoms with van der Waals surface area (Å²) in [5.74, 6) is -2.87. The molecule has 1 atom stereocenters. The Bertz CT molecular complexity index is 191. The molecular formula is C7H11F2NO3. The van der Waals surface area contributed by atoms with E-state index < -0.39 is 24.5 Å². The molecule has 6 heteroatoms.